The highest BCUT2D eigenvalue weighted by Gasteiger charge is 2.13. The third-order valence-corrected chi connectivity index (χ3v) is 3.44. The fraction of sp³-hybridized carbons (Fsp3) is 0.333. The summed E-state index contributed by atoms with van der Waals surface area (Å²) >= 11 is 1.55. The van der Waals surface area contributed by atoms with Crippen LogP contribution in [0.3, 0.4) is 0 Å². The first-order valence-corrected chi connectivity index (χ1v) is 6.54. The van der Waals surface area contributed by atoms with Gasteiger partial charge in [-0.2, -0.15) is 5.10 Å². The molecule has 0 saturated heterocycles. The number of hydrogen-bond donors (Lipinski definition) is 1. The number of thioether (sulfide) groups is 1. The molecule has 0 aliphatic carbocycles. The summed E-state index contributed by atoms with van der Waals surface area (Å²) in [4.78, 5) is 4.06. The van der Waals surface area contributed by atoms with E-state index in [1.807, 2.05) is 12.1 Å². The largest absolute Gasteiger partial charge is 0.493 e. The van der Waals surface area contributed by atoms with E-state index in [-0.39, 0.29) is 0 Å². The van der Waals surface area contributed by atoms with E-state index in [0.717, 1.165) is 16.5 Å². The van der Waals surface area contributed by atoms with Crippen molar-refractivity contribution in [2.24, 2.45) is 0 Å². The van der Waals surface area contributed by atoms with Crippen molar-refractivity contribution < 1.29 is 14.2 Å². The van der Waals surface area contributed by atoms with E-state index in [9.17, 15) is 0 Å². The molecule has 7 heteroatoms. The van der Waals surface area contributed by atoms with Crippen molar-refractivity contribution in [2.75, 3.05) is 21.3 Å². The maximum atomic E-state index is 5.31. The molecular formula is C12H15N3O3S. The molecule has 0 unspecified atom stereocenters. The number of ether oxygens (including phenoxy) is 3. The summed E-state index contributed by atoms with van der Waals surface area (Å²) in [5.74, 6) is 2.62. The van der Waals surface area contributed by atoms with Gasteiger partial charge in [-0.25, -0.2) is 4.98 Å². The highest BCUT2D eigenvalue weighted by atomic mass is 32.2. The van der Waals surface area contributed by atoms with Gasteiger partial charge in [0.2, 0.25) is 5.75 Å². The highest BCUT2D eigenvalue weighted by molar-refractivity contribution is 7.98. The van der Waals surface area contributed by atoms with Gasteiger partial charge in [-0.1, -0.05) is 11.8 Å². The fourth-order valence-electron chi connectivity index (χ4n) is 1.63. The molecule has 6 nitrogen and oxygen atoms in total. The average molecular weight is 281 g/mol. The third-order valence-electron chi connectivity index (χ3n) is 2.49. The van der Waals surface area contributed by atoms with Crippen molar-refractivity contribution >= 4 is 11.8 Å². The Morgan fingerprint density at radius 1 is 1.11 bits per heavy atom. The van der Waals surface area contributed by atoms with Crippen LogP contribution in [0.15, 0.2) is 23.6 Å². The molecule has 1 heterocycles. The first kappa shape index (κ1) is 13.5. The van der Waals surface area contributed by atoms with Gasteiger partial charge >= 0.3 is 0 Å². The van der Waals surface area contributed by atoms with Crippen LogP contribution in [0.25, 0.3) is 0 Å². The van der Waals surface area contributed by atoms with Crippen LogP contribution in [0, 0.1) is 0 Å². The second-order valence-corrected chi connectivity index (χ2v) is 4.58. The van der Waals surface area contributed by atoms with Crippen LogP contribution in [-0.2, 0) is 5.75 Å². The second-order valence-electron chi connectivity index (χ2n) is 3.61. The maximum Gasteiger partial charge on any atom is 0.203 e. The van der Waals surface area contributed by atoms with Crippen molar-refractivity contribution in [3.63, 3.8) is 0 Å². The molecule has 0 fully saturated rings. The summed E-state index contributed by atoms with van der Waals surface area (Å²) in [7, 11) is 4.79. The minimum Gasteiger partial charge on any atom is -0.493 e. The molecule has 2 aromatic rings. The van der Waals surface area contributed by atoms with Crippen molar-refractivity contribution in [1.82, 2.24) is 15.2 Å². The Kier molecular flexibility index (Phi) is 4.51. The Morgan fingerprint density at radius 2 is 1.79 bits per heavy atom. The molecule has 0 atom stereocenters. The highest BCUT2D eigenvalue weighted by Crippen LogP contribution is 2.39. The first-order valence-electron chi connectivity index (χ1n) is 5.55. The van der Waals surface area contributed by atoms with Gasteiger partial charge in [-0.3, -0.25) is 5.10 Å². The number of aromatic nitrogens is 3. The molecule has 0 aliphatic rings. The van der Waals surface area contributed by atoms with Gasteiger partial charge in [-0.15, -0.1) is 0 Å². The summed E-state index contributed by atoms with van der Waals surface area (Å²) in [5, 5.41) is 7.38. The number of aromatic amines is 1. The van der Waals surface area contributed by atoms with Gasteiger partial charge in [0.1, 0.15) is 6.33 Å². The number of nitrogens with zero attached hydrogens (tertiary/aromatic N) is 2. The Balaban J connectivity index is 2.20. The topological polar surface area (TPSA) is 69.3 Å². The summed E-state index contributed by atoms with van der Waals surface area (Å²) in [6, 6.07) is 3.84. The number of nitrogens with one attached hydrogen (secondary N) is 1. The van der Waals surface area contributed by atoms with Crippen LogP contribution in [0.4, 0.5) is 0 Å². The number of methoxy groups -OCH3 is 3. The number of benzene rings is 1. The molecule has 1 aromatic heterocycles. The lowest BCUT2D eigenvalue weighted by atomic mass is 10.2. The molecule has 0 radical (unpaired) electrons. The standard InChI is InChI=1S/C12H15N3O3S/c1-16-9-4-8(5-10(17-2)11(9)18-3)6-19-12-13-7-14-15-12/h4-5,7H,6H2,1-3H3,(H,13,14,15). The van der Waals surface area contributed by atoms with E-state index in [0.29, 0.717) is 17.2 Å². The maximum absolute atomic E-state index is 5.31. The second kappa shape index (κ2) is 6.33. The predicted octanol–water partition coefficient (Wildman–Crippen LogP) is 2.12. The van der Waals surface area contributed by atoms with E-state index >= 15 is 0 Å². The van der Waals surface area contributed by atoms with E-state index in [1.54, 1.807) is 33.1 Å². The van der Waals surface area contributed by atoms with Gasteiger partial charge in [0.15, 0.2) is 16.7 Å². The zero-order valence-corrected chi connectivity index (χ0v) is 11.8. The van der Waals surface area contributed by atoms with Crippen LogP contribution in [0.2, 0.25) is 0 Å². The smallest absolute Gasteiger partial charge is 0.203 e. The summed E-state index contributed by atoms with van der Waals surface area (Å²) in [6.45, 7) is 0. The van der Waals surface area contributed by atoms with Crippen molar-refractivity contribution in [2.45, 2.75) is 10.9 Å². The molecule has 0 bridgehead atoms. The molecule has 0 saturated carbocycles. The quantitative estimate of drug-likeness (QED) is 0.818. The van der Waals surface area contributed by atoms with E-state index in [4.69, 9.17) is 14.2 Å². The van der Waals surface area contributed by atoms with Crippen LogP contribution >= 0.6 is 11.8 Å². The average Bonchev–Trinajstić information content (AvgIpc) is 2.97. The summed E-state index contributed by atoms with van der Waals surface area (Å²) in [5.41, 5.74) is 1.05. The molecule has 19 heavy (non-hydrogen) atoms. The number of H-pyrrole nitrogens is 1. The van der Waals surface area contributed by atoms with Gasteiger partial charge in [0, 0.05) is 5.75 Å². The Bertz CT molecular complexity index is 506. The van der Waals surface area contributed by atoms with E-state index in [1.165, 1.54) is 6.33 Å². The Morgan fingerprint density at radius 3 is 2.26 bits per heavy atom. The minimum absolute atomic E-state index is 0.596. The summed E-state index contributed by atoms with van der Waals surface area (Å²) < 4.78 is 15.9. The lowest BCUT2D eigenvalue weighted by molar-refractivity contribution is 0.324. The van der Waals surface area contributed by atoms with Gasteiger partial charge in [0.05, 0.1) is 21.3 Å². The lowest BCUT2D eigenvalue weighted by Gasteiger charge is -2.13. The SMILES string of the molecule is COc1cc(CSc2ncn[nH]2)cc(OC)c1OC. The molecule has 1 aromatic carbocycles. The summed E-state index contributed by atoms with van der Waals surface area (Å²) in [6.07, 6.45) is 1.48. The normalized spacial score (nSPS) is 10.3. The van der Waals surface area contributed by atoms with Gasteiger partial charge in [0.25, 0.3) is 0 Å². The number of hydrogen-bond acceptors (Lipinski definition) is 6. The Hall–Kier alpha value is -1.89. The zero-order valence-electron chi connectivity index (χ0n) is 11.0. The third kappa shape index (κ3) is 3.11. The molecule has 2 rings (SSSR count). The van der Waals surface area contributed by atoms with Crippen molar-refractivity contribution in [1.29, 1.82) is 0 Å². The molecule has 0 amide bonds. The zero-order chi connectivity index (χ0) is 13.7. The number of rotatable bonds is 6. The van der Waals surface area contributed by atoms with Gasteiger partial charge in [-0.05, 0) is 17.7 Å². The Labute approximate surface area is 115 Å². The fourth-order valence-corrected chi connectivity index (χ4v) is 2.34. The van der Waals surface area contributed by atoms with Crippen molar-refractivity contribution in [3.8, 4) is 17.2 Å². The van der Waals surface area contributed by atoms with E-state index in [2.05, 4.69) is 15.2 Å². The lowest BCUT2D eigenvalue weighted by Crippen LogP contribution is -1.96. The molecular weight excluding hydrogens is 266 g/mol. The van der Waals surface area contributed by atoms with Crippen LogP contribution in [0.1, 0.15) is 5.56 Å². The van der Waals surface area contributed by atoms with E-state index < -0.39 is 0 Å². The monoisotopic (exact) mass is 281 g/mol. The van der Waals surface area contributed by atoms with Crippen molar-refractivity contribution in [3.05, 3.63) is 24.0 Å². The molecule has 102 valence electrons. The molecule has 1 N–H and O–H groups in total. The van der Waals surface area contributed by atoms with Crippen LogP contribution in [-0.4, -0.2) is 36.5 Å². The molecule has 0 spiro atoms. The van der Waals surface area contributed by atoms with Crippen LogP contribution in [0.5, 0.6) is 17.2 Å². The van der Waals surface area contributed by atoms with Gasteiger partial charge < -0.3 is 14.2 Å². The van der Waals surface area contributed by atoms with Crippen LogP contribution < -0.4 is 14.2 Å². The minimum atomic E-state index is 0.596. The predicted molar refractivity (Wildman–Crippen MR) is 72.0 cm³/mol. The molecule has 0 aliphatic heterocycles. The first-order chi connectivity index (χ1) is 9.28.